The number of benzene rings is 2. The fourth-order valence-electron chi connectivity index (χ4n) is 3.39. The lowest BCUT2D eigenvalue weighted by molar-refractivity contribution is -0.117. The lowest BCUT2D eigenvalue weighted by Gasteiger charge is -2.13. The molecule has 1 aromatic heterocycles. The standard InChI is InChI=1S/C24H26N4O/c1-18-22(21-11-7-8-12-23(21)28(18)14-13-27(2)3)15-20(16-25)24(29)26-17-19-9-5-4-6-10-19/h4-12,15H,13-14,17H2,1-3H3,(H,26,29)/b20-15+. The number of carbonyl (C=O) groups excluding carboxylic acids is 1. The molecular weight excluding hydrogens is 360 g/mol. The minimum atomic E-state index is -0.360. The van der Waals surface area contributed by atoms with E-state index in [4.69, 9.17) is 0 Å². The SMILES string of the molecule is Cc1c(/C=C(\C#N)C(=O)NCc2ccccc2)c2ccccc2n1CCN(C)C. The molecule has 0 radical (unpaired) electrons. The van der Waals surface area contributed by atoms with Gasteiger partial charge in [-0.1, -0.05) is 48.5 Å². The molecule has 0 aliphatic rings. The van der Waals surface area contributed by atoms with Crippen LogP contribution in [0.2, 0.25) is 0 Å². The number of aromatic nitrogens is 1. The van der Waals surface area contributed by atoms with Gasteiger partial charge in [-0.05, 0) is 38.7 Å². The van der Waals surface area contributed by atoms with Gasteiger partial charge in [0.05, 0.1) is 0 Å². The highest BCUT2D eigenvalue weighted by molar-refractivity contribution is 6.04. The van der Waals surface area contributed by atoms with Gasteiger partial charge in [0.25, 0.3) is 5.91 Å². The van der Waals surface area contributed by atoms with E-state index >= 15 is 0 Å². The summed E-state index contributed by atoms with van der Waals surface area (Å²) in [6.45, 7) is 4.18. The van der Waals surface area contributed by atoms with Crippen LogP contribution in [0.25, 0.3) is 17.0 Å². The van der Waals surface area contributed by atoms with Gasteiger partial charge in [0, 0.05) is 41.8 Å². The highest BCUT2D eigenvalue weighted by Gasteiger charge is 2.15. The molecule has 1 N–H and O–H groups in total. The maximum absolute atomic E-state index is 12.6. The highest BCUT2D eigenvalue weighted by Crippen LogP contribution is 2.28. The van der Waals surface area contributed by atoms with Crippen LogP contribution in [0.3, 0.4) is 0 Å². The molecule has 0 aliphatic heterocycles. The van der Waals surface area contributed by atoms with Crippen molar-refractivity contribution >= 4 is 22.9 Å². The molecule has 0 saturated carbocycles. The van der Waals surface area contributed by atoms with Crippen LogP contribution in [0.1, 0.15) is 16.8 Å². The molecule has 0 aliphatic carbocycles. The average molecular weight is 386 g/mol. The molecule has 0 bridgehead atoms. The zero-order valence-corrected chi connectivity index (χ0v) is 17.1. The molecule has 0 unspecified atom stereocenters. The molecule has 148 valence electrons. The van der Waals surface area contributed by atoms with Gasteiger partial charge in [-0.25, -0.2) is 0 Å². The molecule has 5 heteroatoms. The summed E-state index contributed by atoms with van der Waals surface area (Å²) in [4.78, 5) is 14.7. The van der Waals surface area contributed by atoms with Crippen molar-refractivity contribution in [2.24, 2.45) is 0 Å². The Morgan fingerprint density at radius 2 is 1.83 bits per heavy atom. The van der Waals surface area contributed by atoms with Gasteiger partial charge in [-0.15, -0.1) is 0 Å². The van der Waals surface area contributed by atoms with Crippen molar-refractivity contribution in [3.8, 4) is 6.07 Å². The molecule has 5 nitrogen and oxygen atoms in total. The highest BCUT2D eigenvalue weighted by atomic mass is 16.1. The molecule has 3 rings (SSSR count). The number of fused-ring (bicyclic) bond motifs is 1. The fourth-order valence-corrected chi connectivity index (χ4v) is 3.39. The van der Waals surface area contributed by atoms with E-state index in [2.05, 4.69) is 26.9 Å². The van der Waals surface area contributed by atoms with Gasteiger partial charge >= 0.3 is 0 Å². The quantitative estimate of drug-likeness (QED) is 0.497. The van der Waals surface area contributed by atoms with E-state index in [1.54, 1.807) is 6.08 Å². The summed E-state index contributed by atoms with van der Waals surface area (Å²) < 4.78 is 2.25. The molecule has 1 heterocycles. The molecule has 1 amide bonds. The second-order valence-corrected chi connectivity index (χ2v) is 7.31. The van der Waals surface area contributed by atoms with Gasteiger partial charge in [0.1, 0.15) is 11.6 Å². The van der Waals surface area contributed by atoms with E-state index in [0.29, 0.717) is 6.54 Å². The Labute approximate surface area is 171 Å². The topological polar surface area (TPSA) is 61.1 Å². The zero-order valence-electron chi connectivity index (χ0n) is 17.1. The number of likely N-dealkylation sites (N-methyl/N-ethyl adjacent to an activating group) is 1. The number of nitrogens with one attached hydrogen (secondary N) is 1. The Bertz CT molecular complexity index is 1070. The summed E-state index contributed by atoms with van der Waals surface area (Å²) in [5.41, 5.74) is 4.19. The third-order valence-corrected chi connectivity index (χ3v) is 5.00. The van der Waals surface area contributed by atoms with Crippen molar-refractivity contribution in [1.29, 1.82) is 5.26 Å². The second-order valence-electron chi connectivity index (χ2n) is 7.31. The number of nitrogens with zero attached hydrogens (tertiary/aromatic N) is 3. The van der Waals surface area contributed by atoms with E-state index in [1.807, 2.05) is 69.6 Å². The first-order valence-corrected chi connectivity index (χ1v) is 9.67. The van der Waals surface area contributed by atoms with Crippen LogP contribution in [-0.4, -0.2) is 36.0 Å². The maximum Gasteiger partial charge on any atom is 0.262 e. The van der Waals surface area contributed by atoms with Crippen LogP contribution in [0, 0.1) is 18.3 Å². The summed E-state index contributed by atoms with van der Waals surface area (Å²) in [5, 5.41) is 13.5. The Kier molecular flexibility index (Phi) is 6.48. The molecule has 0 saturated heterocycles. The van der Waals surface area contributed by atoms with Crippen LogP contribution in [0.4, 0.5) is 0 Å². The van der Waals surface area contributed by atoms with Gasteiger partial charge in [0.2, 0.25) is 0 Å². The van der Waals surface area contributed by atoms with E-state index in [9.17, 15) is 10.1 Å². The summed E-state index contributed by atoms with van der Waals surface area (Å²) in [6, 6.07) is 19.9. The minimum Gasteiger partial charge on any atom is -0.347 e. The third-order valence-electron chi connectivity index (χ3n) is 5.00. The lowest BCUT2D eigenvalue weighted by atomic mass is 10.1. The maximum atomic E-state index is 12.6. The first kappa shape index (κ1) is 20.4. The largest absolute Gasteiger partial charge is 0.347 e. The molecule has 29 heavy (non-hydrogen) atoms. The Morgan fingerprint density at radius 1 is 1.14 bits per heavy atom. The van der Waals surface area contributed by atoms with Crippen molar-refractivity contribution in [2.75, 3.05) is 20.6 Å². The van der Waals surface area contributed by atoms with E-state index in [-0.39, 0.29) is 11.5 Å². The number of rotatable bonds is 7. The Balaban J connectivity index is 1.91. The molecule has 2 aromatic carbocycles. The van der Waals surface area contributed by atoms with Crippen molar-refractivity contribution in [3.63, 3.8) is 0 Å². The van der Waals surface area contributed by atoms with Crippen LogP contribution < -0.4 is 5.32 Å². The number of para-hydroxylation sites is 1. The average Bonchev–Trinajstić information content (AvgIpc) is 3.00. The lowest BCUT2D eigenvalue weighted by Crippen LogP contribution is -2.23. The number of amides is 1. The molecule has 0 fully saturated rings. The van der Waals surface area contributed by atoms with Crippen molar-refractivity contribution < 1.29 is 4.79 Å². The van der Waals surface area contributed by atoms with Crippen molar-refractivity contribution in [2.45, 2.75) is 20.0 Å². The van der Waals surface area contributed by atoms with Crippen LogP contribution >= 0.6 is 0 Å². The number of hydrogen-bond acceptors (Lipinski definition) is 3. The van der Waals surface area contributed by atoms with E-state index < -0.39 is 0 Å². The molecule has 3 aromatic rings. The third kappa shape index (κ3) is 4.74. The van der Waals surface area contributed by atoms with Gasteiger partial charge in [0.15, 0.2) is 0 Å². The molecule has 0 spiro atoms. The van der Waals surface area contributed by atoms with E-state index in [0.717, 1.165) is 40.8 Å². The van der Waals surface area contributed by atoms with Gasteiger partial charge in [-0.3, -0.25) is 4.79 Å². The fraction of sp³-hybridized carbons (Fsp3) is 0.250. The van der Waals surface area contributed by atoms with Gasteiger partial charge < -0.3 is 14.8 Å². The van der Waals surface area contributed by atoms with Crippen molar-refractivity contribution in [3.05, 3.63) is 77.0 Å². The summed E-state index contributed by atoms with van der Waals surface area (Å²) in [7, 11) is 4.10. The van der Waals surface area contributed by atoms with Crippen molar-refractivity contribution in [1.82, 2.24) is 14.8 Å². The first-order chi connectivity index (χ1) is 14.0. The zero-order chi connectivity index (χ0) is 20.8. The number of nitriles is 1. The summed E-state index contributed by atoms with van der Waals surface area (Å²) in [6.07, 6.45) is 1.71. The molecular formula is C24H26N4O. The Hall–Kier alpha value is -3.36. The van der Waals surface area contributed by atoms with Crippen LogP contribution in [0.5, 0.6) is 0 Å². The first-order valence-electron chi connectivity index (χ1n) is 9.67. The smallest absolute Gasteiger partial charge is 0.262 e. The second kappa shape index (κ2) is 9.22. The van der Waals surface area contributed by atoms with E-state index in [1.165, 1.54) is 0 Å². The monoisotopic (exact) mass is 386 g/mol. The predicted octanol–water partition coefficient (Wildman–Crippen LogP) is 3.73. The van der Waals surface area contributed by atoms with Gasteiger partial charge in [-0.2, -0.15) is 5.26 Å². The Morgan fingerprint density at radius 3 is 2.52 bits per heavy atom. The number of carbonyl (C=O) groups is 1. The van der Waals surface area contributed by atoms with Crippen LogP contribution in [0.15, 0.2) is 60.2 Å². The van der Waals surface area contributed by atoms with Crippen LogP contribution in [-0.2, 0) is 17.9 Å². The normalized spacial score (nSPS) is 11.6. The summed E-state index contributed by atoms with van der Waals surface area (Å²) in [5.74, 6) is -0.360. The number of hydrogen-bond donors (Lipinski definition) is 1. The summed E-state index contributed by atoms with van der Waals surface area (Å²) >= 11 is 0. The molecule has 0 atom stereocenters. The predicted molar refractivity (Wildman–Crippen MR) is 117 cm³/mol. The minimum absolute atomic E-state index is 0.111.